The molecule has 7 nitrogen and oxygen atoms in total. The first-order valence-corrected chi connectivity index (χ1v) is 12.7. The zero-order chi connectivity index (χ0) is 23.9. The maximum atomic E-state index is 12.8. The quantitative estimate of drug-likeness (QED) is 0.498. The van der Waals surface area contributed by atoms with Crippen molar-refractivity contribution in [3.63, 3.8) is 0 Å². The average molecular weight is 501 g/mol. The SMILES string of the molecule is COc1ccc([C@@]23CC[C@@H](NC(=O)Nc4nc5ccc(Cl)cc5s4)C[C@@H]2N(C)CC3)cc1OC. The van der Waals surface area contributed by atoms with Crippen LogP contribution >= 0.6 is 22.9 Å². The van der Waals surface area contributed by atoms with Crippen molar-refractivity contribution in [1.29, 1.82) is 0 Å². The van der Waals surface area contributed by atoms with Gasteiger partial charge in [0, 0.05) is 22.5 Å². The maximum absolute atomic E-state index is 12.8. The number of likely N-dealkylation sites (tertiary alicyclic amines) is 1. The van der Waals surface area contributed by atoms with E-state index in [9.17, 15) is 4.79 Å². The molecule has 0 spiro atoms. The van der Waals surface area contributed by atoms with E-state index in [1.807, 2.05) is 18.2 Å². The standard InChI is InChI=1S/C25H29ClN4O3S/c1-30-11-10-25(15-4-7-19(32-2)20(12-15)33-3)9-8-17(14-22(25)30)27-23(31)29-24-28-18-6-5-16(26)13-21(18)34-24/h4-7,12-13,17,22H,8-11,14H2,1-3H3,(H2,27,28,29,31)/t17-,22+,25+/m1/s1. The van der Waals surface area contributed by atoms with Crippen LogP contribution in [0.2, 0.25) is 5.02 Å². The zero-order valence-electron chi connectivity index (χ0n) is 19.6. The summed E-state index contributed by atoms with van der Waals surface area (Å²) in [6.07, 6.45) is 3.91. The Morgan fingerprint density at radius 2 is 2.00 bits per heavy atom. The van der Waals surface area contributed by atoms with Crippen molar-refractivity contribution in [2.24, 2.45) is 0 Å². The molecular formula is C25H29ClN4O3S. The van der Waals surface area contributed by atoms with Gasteiger partial charge in [-0.05, 0) is 75.2 Å². The highest BCUT2D eigenvalue weighted by Crippen LogP contribution is 2.49. The Labute approximate surface area is 208 Å². The van der Waals surface area contributed by atoms with Gasteiger partial charge in [0.1, 0.15) is 0 Å². The lowest BCUT2D eigenvalue weighted by Crippen LogP contribution is -2.52. The lowest BCUT2D eigenvalue weighted by Gasteiger charge is -2.45. The number of aromatic nitrogens is 1. The molecule has 1 aliphatic carbocycles. The third-order valence-corrected chi connectivity index (χ3v) is 8.56. The fourth-order valence-corrected chi connectivity index (χ4v) is 6.80. The summed E-state index contributed by atoms with van der Waals surface area (Å²) in [4.78, 5) is 19.7. The lowest BCUT2D eigenvalue weighted by molar-refractivity contribution is 0.156. The number of rotatable bonds is 5. The Bertz CT molecular complexity index is 1220. The molecule has 34 heavy (non-hydrogen) atoms. The topological polar surface area (TPSA) is 75.7 Å². The summed E-state index contributed by atoms with van der Waals surface area (Å²) in [6, 6.07) is 12.1. The number of benzene rings is 2. The number of ether oxygens (including phenoxy) is 2. The van der Waals surface area contributed by atoms with Crippen LogP contribution in [0.15, 0.2) is 36.4 Å². The number of hydrogen-bond acceptors (Lipinski definition) is 6. The first kappa shape index (κ1) is 23.2. The second kappa shape index (κ2) is 9.24. The van der Waals surface area contributed by atoms with Gasteiger partial charge < -0.3 is 19.7 Å². The highest BCUT2D eigenvalue weighted by atomic mass is 35.5. The molecule has 2 aliphatic rings. The van der Waals surface area contributed by atoms with Gasteiger partial charge in [-0.3, -0.25) is 5.32 Å². The largest absolute Gasteiger partial charge is 0.493 e. The number of amides is 2. The van der Waals surface area contributed by atoms with Gasteiger partial charge in [-0.2, -0.15) is 0 Å². The van der Waals surface area contributed by atoms with Crippen LogP contribution in [0.25, 0.3) is 10.2 Å². The van der Waals surface area contributed by atoms with Crippen LogP contribution in [0.3, 0.4) is 0 Å². The van der Waals surface area contributed by atoms with E-state index in [4.69, 9.17) is 21.1 Å². The minimum Gasteiger partial charge on any atom is -0.493 e. The van der Waals surface area contributed by atoms with E-state index in [-0.39, 0.29) is 17.5 Å². The summed E-state index contributed by atoms with van der Waals surface area (Å²) in [6.45, 7) is 1.03. The Kier molecular flexibility index (Phi) is 6.31. The minimum atomic E-state index is -0.214. The van der Waals surface area contributed by atoms with Crippen molar-refractivity contribution in [3.05, 3.63) is 47.0 Å². The third-order valence-electron chi connectivity index (χ3n) is 7.39. The van der Waals surface area contributed by atoms with Crippen LogP contribution in [-0.2, 0) is 5.41 Å². The van der Waals surface area contributed by atoms with Gasteiger partial charge in [0.25, 0.3) is 0 Å². The molecule has 1 aromatic heterocycles. The number of likely N-dealkylation sites (N-methyl/N-ethyl adjacent to an activating group) is 1. The smallest absolute Gasteiger partial charge is 0.321 e. The number of halogens is 1. The molecule has 2 N–H and O–H groups in total. The van der Waals surface area contributed by atoms with E-state index < -0.39 is 0 Å². The summed E-state index contributed by atoms with van der Waals surface area (Å²) >= 11 is 7.49. The number of nitrogens with one attached hydrogen (secondary N) is 2. The van der Waals surface area contributed by atoms with Gasteiger partial charge in [-0.25, -0.2) is 9.78 Å². The zero-order valence-corrected chi connectivity index (χ0v) is 21.1. The number of nitrogens with zero attached hydrogens (tertiary/aromatic N) is 2. The number of carbonyl (C=O) groups excluding carboxylic acids is 1. The van der Waals surface area contributed by atoms with Gasteiger partial charge in [0.15, 0.2) is 16.6 Å². The van der Waals surface area contributed by atoms with Crippen LogP contribution in [0, 0.1) is 0 Å². The van der Waals surface area contributed by atoms with Gasteiger partial charge in [-0.1, -0.05) is 29.0 Å². The lowest BCUT2D eigenvalue weighted by atomic mass is 9.65. The number of thiazole rings is 1. The molecule has 2 heterocycles. The van der Waals surface area contributed by atoms with Crippen molar-refractivity contribution in [1.82, 2.24) is 15.2 Å². The predicted octanol–water partition coefficient (Wildman–Crippen LogP) is 5.28. The van der Waals surface area contributed by atoms with Gasteiger partial charge in [-0.15, -0.1) is 0 Å². The normalized spacial score (nSPS) is 24.6. The van der Waals surface area contributed by atoms with Crippen molar-refractivity contribution < 1.29 is 14.3 Å². The molecule has 0 bridgehead atoms. The van der Waals surface area contributed by atoms with Gasteiger partial charge in [0.2, 0.25) is 0 Å². The van der Waals surface area contributed by atoms with Gasteiger partial charge in [0.05, 0.1) is 24.4 Å². The van der Waals surface area contributed by atoms with E-state index in [0.29, 0.717) is 16.2 Å². The highest BCUT2D eigenvalue weighted by molar-refractivity contribution is 7.22. The van der Waals surface area contributed by atoms with E-state index >= 15 is 0 Å². The van der Waals surface area contributed by atoms with E-state index in [2.05, 4.69) is 39.7 Å². The molecule has 3 atom stereocenters. The molecule has 2 aromatic carbocycles. The van der Waals surface area contributed by atoms with Crippen molar-refractivity contribution in [2.75, 3.05) is 33.1 Å². The molecule has 9 heteroatoms. The Morgan fingerprint density at radius 3 is 2.79 bits per heavy atom. The molecule has 2 fully saturated rings. The number of carbonyl (C=O) groups is 1. The second-order valence-corrected chi connectivity index (χ2v) is 10.6. The number of fused-ring (bicyclic) bond motifs is 2. The van der Waals surface area contributed by atoms with Crippen LogP contribution in [0.1, 0.15) is 31.2 Å². The molecular weight excluding hydrogens is 472 g/mol. The first-order valence-electron chi connectivity index (χ1n) is 11.5. The van der Waals surface area contributed by atoms with Crippen LogP contribution in [0.5, 0.6) is 11.5 Å². The summed E-state index contributed by atoms with van der Waals surface area (Å²) in [5.41, 5.74) is 2.17. The Balaban J connectivity index is 1.29. The van der Waals surface area contributed by atoms with Crippen LogP contribution in [-0.4, -0.2) is 55.8 Å². The monoisotopic (exact) mass is 500 g/mol. The summed E-state index contributed by atoms with van der Waals surface area (Å²) < 4.78 is 12.0. The maximum Gasteiger partial charge on any atom is 0.321 e. The number of methoxy groups -OCH3 is 2. The fourth-order valence-electron chi connectivity index (χ4n) is 5.67. The molecule has 180 valence electrons. The molecule has 0 unspecified atom stereocenters. The first-order chi connectivity index (χ1) is 16.4. The second-order valence-electron chi connectivity index (χ2n) is 9.17. The van der Waals surface area contributed by atoms with Crippen molar-refractivity contribution >= 4 is 44.3 Å². The minimum absolute atomic E-state index is 0.0509. The average Bonchev–Trinajstić information content (AvgIpc) is 3.38. The van der Waals surface area contributed by atoms with E-state index in [0.717, 1.165) is 53.9 Å². The predicted molar refractivity (Wildman–Crippen MR) is 137 cm³/mol. The Morgan fingerprint density at radius 1 is 1.18 bits per heavy atom. The molecule has 5 rings (SSSR count). The summed E-state index contributed by atoms with van der Waals surface area (Å²) in [5.74, 6) is 1.51. The highest BCUT2D eigenvalue weighted by Gasteiger charge is 2.50. The third kappa shape index (κ3) is 4.19. The van der Waals surface area contributed by atoms with Crippen LogP contribution < -0.4 is 20.1 Å². The van der Waals surface area contributed by atoms with Crippen LogP contribution in [0.4, 0.5) is 9.93 Å². The number of anilines is 1. The molecule has 1 saturated carbocycles. The van der Waals surface area contributed by atoms with E-state index in [1.54, 1.807) is 20.3 Å². The molecule has 3 aromatic rings. The van der Waals surface area contributed by atoms with E-state index in [1.165, 1.54) is 16.9 Å². The number of urea groups is 1. The Hall–Kier alpha value is -2.55. The molecule has 1 saturated heterocycles. The van der Waals surface area contributed by atoms with Crippen molar-refractivity contribution in [3.8, 4) is 11.5 Å². The molecule has 2 amide bonds. The molecule has 1 aliphatic heterocycles. The van der Waals surface area contributed by atoms with Gasteiger partial charge >= 0.3 is 6.03 Å². The summed E-state index contributed by atoms with van der Waals surface area (Å²) in [5, 5.41) is 7.33. The van der Waals surface area contributed by atoms with Crippen molar-refractivity contribution in [2.45, 2.75) is 43.2 Å². The summed E-state index contributed by atoms with van der Waals surface area (Å²) in [7, 11) is 5.52. The number of hydrogen-bond donors (Lipinski definition) is 2. The fraction of sp³-hybridized carbons (Fsp3) is 0.440. The molecule has 0 radical (unpaired) electrons.